The molecule has 0 aliphatic rings. The monoisotopic (exact) mass is 276 g/mol. The van der Waals surface area contributed by atoms with Crippen molar-refractivity contribution in [2.45, 2.75) is 44.0 Å². The largest absolute Gasteiger partial charge is 0.313 e. The van der Waals surface area contributed by atoms with Crippen molar-refractivity contribution in [3.8, 4) is 0 Å². The summed E-state index contributed by atoms with van der Waals surface area (Å²) < 4.78 is 26.7. The third-order valence-electron chi connectivity index (χ3n) is 2.04. The average molecular weight is 276 g/mol. The molecule has 0 spiro atoms. The molecule has 0 aromatic carbocycles. The van der Waals surface area contributed by atoms with Gasteiger partial charge in [-0.1, -0.05) is 6.92 Å². The summed E-state index contributed by atoms with van der Waals surface area (Å²) in [5, 5.41) is 5.13. The molecule has 98 valence electrons. The molecule has 1 aromatic rings. The standard InChI is InChI=1S/C11H20N2O2S2/c1-4-5-12-7-10-6-11(16-8-10)17(14,15)13-9(2)3/h6,8-9,12-13H,4-5,7H2,1-3H3. The molecule has 17 heavy (non-hydrogen) atoms. The van der Waals surface area contributed by atoms with Gasteiger partial charge in [0.05, 0.1) is 0 Å². The molecule has 0 aliphatic heterocycles. The lowest BCUT2D eigenvalue weighted by Gasteiger charge is -2.06. The van der Waals surface area contributed by atoms with Gasteiger partial charge < -0.3 is 5.32 Å². The second-order valence-electron chi connectivity index (χ2n) is 4.23. The maximum absolute atomic E-state index is 11.9. The zero-order chi connectivity index (χ0) is 12.9. The van der Waals surface area contributed by atoms with Crippen LogP contribution in [0.15, 0.2) is 15.7 Å². The van der Waals surface area contributed by atoms with Gasteiger partial charge in [0.15, 0.2) is 0 Å². The van der Waals surface area contributed by atoms with Gasteiger partial charge in [0.25, 0.3) is 0 Å². The lowest BCUT2D eigenvalue weighted by molar-refractivity contribution is 0.572. The second-order valence-corrected chi connectivity index (χ2v) is 7.08. The first-order chi connectivity index (χ1) is 7.95. The number of sulfonamides is 1. The highest BCUT2D eigenvalue weighted by Crippen LogP contribution is 2.20. The van der Waals surface area contributed by atoms with Crippen molar-refractivity contribution in [3.63, 3.8) is 0 Å². The number of hydrogen-bond donors (Lipinski definition) is 2. The highest BCUT2D eigenvalue weighted by atomic mass is 32.2. The van der Waals surface area contributed by atoms with Crippen LogP contribution >= 0.6 is 11.3 Å². The van der Waals surface area contributed by atoms with Crippen LogP contribution in [0, 0.1) is 0 Å². The van der Waals surface area contributed by atoms with Crippen molar-refractivity contribution < 1.29 is 8.42 Å². The molecule has 0 fully saturated rings. The zero-order valence-corrected chi connectivity index (χ0v) is 12.1. The van der Waals surface area contributed by atoms with Gasteiger partial charge in [0.2, 0.25) is 10.0 Å². The highest BCUT2D eigenvalue weighted by Gasteiger charge is 2.17. The predicted molar refractivity (Wildman–Crippen MR) is 71.8 cm³/mol. The quantitative estimate of drug-likeness (QED) is 0.748. The van der Waals surface area contributed by atoms with Gasteiger partial charge in [-0.15, -0.1) is 11.3 Å². The van der Waals surface area contributed by atoms with E-state index in [1.165, 1.54) is 11.3 Å². The van der Waals surface area contributed by atoms with Crippen molar-refractivity contribution >= 4 is 21.4 Å². The Morgan fingerprint density at radius 1 is 1.41 bits per heavy atom. The normalized spacial score (nSPS) is 12.2. The number of rotatable bonds is 7. The summed E-state index contributed by atoms with van der Waals surface area (Å²) in [6, 6.07) is 1.65. The van der Waals surface area contributed by atoms with Crippen molar-refractivity contribution in [1.82, 2.24) is 10.0 Å². The van der Waals surface area contributed by atoms with Gasteiger partial charge in [-0.2, -0.15) is 0 Å². The summed E-state index contributed by atoms with van der Waals surface area (Å²) in [5.74, 6) is 0. The Hall–Kier alpha value is -0.430. The maximum Gasteiger partial charge on any atom is 0.250 e. The van der Waals surface area contributed by atoms with E-state index in [9.17, 15) is 8.42 Å². The molecule has 1 rings (SSSR count). The first-order valence-corrected chi connectivity index (χ1v) is 8.12. The summed E-state index contributed by atoms with van der Waals surface area (Å²) in [6.07, 6.45) is 1.07. The highest BCUT2D eigenvalue weighted by molar-refractivity contribution is 7.91. The molecule has 0 bridgehead atoms. The Morgan fingerprint density at radius 2 is 2.12 bits per heavy atom. The average Bonchev–Trinajstić information content (AvgIpc) is 2.65. The zero-order valence-electron chi connectivity index (χ0n) is 10.5. The molecule has 1 heterocycles. The van der Waals surface area contributed by atoms with E-state index >= 15 is 0 Å². The van der Waals surface area contributed by atoms with E-state index in [1.807, 2.05) is 19.2 Å². The number of hydrogen-bond acceptors (Lipinski definition) is 4. The molecule has 6 heteroatoms. The summed E-state index contributed by atoms with van der Waals surface area (Å²) in [4.78, 5) is 0. The molecular weight excluding hydrogens is 256 g/mol. The van der Waals surface area contributed by atoms with Crippen LogP contribution in [0.1, 0.15) is 32.8 Å². The van der Waals surface area contributed by atoms with Gasteiger partial charge in [0.1, 0.15) is 4.21 Å². The van der Waals surface area contributed by atoms with Crippen LogP contribution in [-0.4, -0.2) is 21.0 Å². The smallest absolute Gasteiger partial charge is 0.250 e. The lowest BCUT2D eigenvalue weighted by Crippen LogP contribution is -2.29. The summed E-state index contributed by atoms with van der Waals surface area (Å²) >= 11 is 1.27. The van der Waals surface area contributed by atoms with Crippen LogP contribution in [0.25, 0.3) is 0 Å². The van der Waals surface area contributed by atoms with Gasteiger partial charge in [0, 0.05) is 12.6 Å². The summed E-state index contributed by atoms with van der Waals surface area (Å²) in [6.45, 7) is 7.40. The van der Waals surface area contributed by atoms with Gasteiger partial charge in [-0.05, 0) is 43.8 Å². The predicted octanol–water partition coefficient (Wildman–Crippen LogP) is 1.93. The van der Waals surface area contributed by atoms with E-state index in [-0.39, 0.29) is 6.04 Å². The third-order valence-corrected chi connectivity index (χ3v) is 5.19. The van der Waals surface area contributed by atoms with Crippen LogP contribution < -0.4 is 10.0 Å². The SMILES string of the molecule is CCCNCc1csc(S(=O)(=O)NC(C)C)c1. The Balaban J connectivity index is 2.67. The maximum atomic E-state index is 11.9. The Bertz CT molecular complexity index is 438. The Morgan fingerprint density at radius 3 is 2.71 bits per heavy atom. The molecule has 4 nitrogen and oxygen atoms in total. The summed E-state index contributed by atoms with van der Waals surface area (Å²) in [7, 11) is -3.33. The van der Waals surface area contributed by atoms with E-state index in [0.29, 0.717) is 4.21 Å². The van der Waals surface area contributed by atoms with E-state index in [0.717, 1.165) is 25.1 Å². The lowest BCUT2D eigenvalue weighted by atomic mass is 10.3. The molecule has 1 aromatic heterocycles. The fourth-order valence-electron chi connectivity index (χ4n) is 1.36. The van der Waals surface area contributed by atoms with Crippen LogP contribution in [-0.2, 0) is 16.6 Å². The number of nitrogens with one attached hydrogen (secondary N) is 2. The minimum atomic E-state index is -3.33. The first kappa shape index (κ1) is 14.6. The van der Waals surface area contributed by atoms with Gasteiger partial charge in [-0.3, -0.25) is 0 Å². The minimum absolute atomic E-state index is 0.0798. The fraction of sp³-hybridized carbons (Fsp3) is 0.636. The molecule has 0 amide bonds. The van der Waals surface area contributed by atoms with Crippen molar-refractivity contribution in [2.75, 3.05) is 6.54 Å². The number of thiophene rings is 1. The molecule has 0 unspecified atom stereocenters. The summed E-state index contributed by atoms with van der Waals surface area (Å²) in [5.41, 5.74) is 1.02. The molecule has 0 saturated heterocycles. The Labute approximate surface area is 107 Å². The first-order valence-electron chi connectivity index (χ1n) is 5.76. The van der Waals surface area contributed by atoms with Gasteiger partial charge in [-0.25, -0.2) is 13.1 Å². The Kier molecular flexibility index (Phi) is 5.58. The minimum Gasteiger partial charge on any atom is -0.313 e. The van der Waals surface area contributed by atoms with Gasteiger partial charge >= 0.3 is 0 Å². The van der Waals surface area contributed by atoms with Crippen molar-refractivity contribution in [3.05, 3.63) is 17.0 Å². The molecule has 0 atom stereocenters. The fourth-order valence-corrected chi connectivity index (χ4v) is 3.84. The second kappa shape index (κ2) is 6.49. The van der Waals surface area contributed by atoms with E-state index in [1.54, 1.807) is 6.07 Å². The van der Waals surface area contributed by atoms with Crippen LogP contribution in [0.2, 0.25) is 0 Å². The third kappa shape index (κ3) is 4.75. The van der Waals surface area contributed by atoms with Crippen molar-refractivity contribution in [2.24, 2.45) is 0 Å². The van der Waals surface area contributed by atoms with E-state index < -0.39 is 10.0 Å². The topological polar surface area (TPSA) is 58.2 Å². The van der Waals surface area contributed by atoms with Crippen LogP contribution in [0.4, 0.5) is 0 Å². The molecule has 0 aliphatic carbocycles. The van der Waals surface area contributed by atoms with E-state index in [2.05, 4.69) is 17.0 Å². The molecule has 2 N–H and O–H groups in total. The van der Waals surface area contributed by atoms with Crippen LogP contribution in [0.3, 0.4) is 0 Å². The van der Waals surface area contributed by atoms with Crippen LogP contribution in [0.5, 0.6) is 0 Å². The molecule has 0 saturated carbocycles. The molecule has 0 radical (unpaired) electrons. The van der Waals surface area contributed by atoms with E-state index in [4.69, 9.17) is 0 Å². The van der Waals surface area contributed by atoms with Crippen molar-refractivity contribution in [1.29, 1.82) is 0 Å². The molecular formula is C11H20N2O2S2.